The molecule has 0 amide bonds. The van der Waals surface area contributed by atoms with Gasteiger partial charge in [-0.15, -0.1) is 0 Å². The number of fused-ring (bicyclic) bond motifs is 2. The maximum absolute atomic E-state index is 2.64. The lowest BCUT2D eigenvalue weighted by Gasteiger charge is -2.59. The van der Waals surface area contributed by atoms with Gasteiger partial charge in [-0.2, -0.15) is 0 Å². The van der Waals surface area contributed by atoms with E-state index >= 15 is 0 Å². The minimum Gasteiger partial charge on any atom is -0.367 e. The van der Waals surface area contributed by atoms with Crippen LogP contribution in [0.5, 0.6) is 0 Å². The SMILES string of the molecule is CC1C(C)C(C)(C)C(C)(C)C2=c3ccccc3=CCN21. The van der Waals surface area contributed by atoms with E-state index in [4.69, 9.17) is 0 Å². The average molecular weight is 269 g/mol. The van der Waals surface area contributed by atoms with Crippen molar-refractivity contribution in [3.05, 3.63) is 34.7 Å². The Balaban J connectivity index is 2.37. The van der Waals surface area contributed by atoms with Crippen LogP contribution >= 0.6 is 0 Å². The van der Waals surface area contributed by atoms with Gasteiger partial charge in [0.1, 0.15) is 0 Å². The van der Waals surface area contributed by atoms with Gasteiger partial charge >= 0.3 is 0 Å². The molecule has 0 spiro atoms. The van der Waals surface area contributed by atoms with Crippen molar-refractivity contribution >= 4 is 11.8 Å². The van der Waals surface area contributed by atoms with E-state index in [0.717, 1.165) is 6.54 Å². The van der Waals surface area contributed by atoms with Crippen LogP contribution in [0.15, 0.2) is 24.3 Å². The van der Waals surface area contributed by atoms with Gasteiger partial charge in [0.05, 0.1) is 0 Å². The van der Waals surface area contributed by atoms with E-state index in [-0.39, 0.29) is 5.41 Å². The maximum atomic E-state index is 2.64. The fraction of sp³-hybridized carbons (Fsp3) is 0.579. The predicted molar refractivity (Wildman–Crippen MR) is 86.5 cm³/mol. The van der Waals surface area contributed by atoms with Crippen LogP contribution < -0.4 is 10.4 Å². The summed E-state index contributed by atoms with van der Waals surface area (Å²) in [6.45, 7) is 15.6. The van der Waals surface area contributed by atoms with Crippen LogP contribution in [0.1, 0.15) is 41.5 Å². The molecular weight excluding hydrogens is 242 g/mol. The van der Waals surface area contributed by atoms with Crippen molar-refractivity contribution in [2.75, 3.05) is 6.54 Å². The molecule has 3 rings (SSSR count). The van der Waals surface area contributed by atoms with E-state index in [0.29, 0.717) is 17.4 Å². The molecule has 0 saturated carbocycles. The topological polar surface area (TPSA) is 3.24 Å². The van der Waals surface area contributed by atoms with Crippen LogP contribution in [0.25, 0.3) is 11.8 Å². The van der Waals surface area contributed by atoms with Crippen molar-refractivity contribution < 1.29 is 0 Å². The molecule has 1 heteroatoms. The van der Waals surface area contributed by atoms with Crippen molar-refractivity contribution in [3.63, 3.8) is 0 Å². The standard InChI is InChI=1S/C19H27N/c1-13-14(2)20-12-11-15-9-7-8-10-16(15)17(20)19(5,6)18(13,3)4/h7-11,13-14H,12H2,1-6H3. The first kappa shape index (κ1) is 13.7. The Morgan fingerprint density at radius 1 is 1.05 bits per heavy atom. The zero-order valence-corrected chi connectivity index (χ0v) is 13.7. The summed E-state index contributed by atoms with van der Waals surface area (Å²) >= 11 is 0. The number of benzene rings is 1. The number of hydrogen-bond acceptors (Lipinski definition) is 1. The summed E-state index contributed by atoms with van der Waals surface area (Å²) in [7, 11) is 0. The molecule has 108 valence electrons. The van der Waals surface area contributed by atoms with Crippen molar-refractivity contribution in [1.29, 1.82) is 0 Å². The van der Waals surface area contributed by atoms with Gasteiger partial charge in [0.2, 0.25) is 0 Å². The molecule has 0 bridgehead atoms. The highest BCUT2D eigenvalue weighted by Gasteiger charge is 2.52. The van der Waals surface area contributed by atoms with Gasteiger partial charge < -0.3 is 4.90 Å². The zero-order chi connectivity index (χ0) is 14.7. The smallest absolute Gasteiger partial charge is 0.0369 e. The summed E-state index contributed by atoms with van der Waals surface area (Å²) in [6, 6.07) is 9.48. The largest absolute Gasteiger partial charge is 0.367 e. The Morgan fingerprint density at radius 2 is 1.70 bits per heavy atom. The molecule has 0 aliphatic carbocycles. The van der Waals surface area contributed by atoms with Crippen molar-refractivity contribution in [1.82, 2.24) is 4.90 Å². The van der Waals surface area contributed by atoms with E-state index in [1.54, 1.807) is 5.70 Å². The highest BCUT2D eigenvalue weighted by atomic mass is 15.2. The highest BCUT2D eigenvalue weighted by molar-refractivity contribution is 5.58. The fourth-order valence-electron chi connectivity index (χ4n) is 4.15. The van der Waals surface area contributed by atoms with Crippen molar-refractivity contribution in [2.24, 2.45) is 16.7 Å². The summed E-state index contributed by atoms with van der Waals surface area (Å²) in [5.74, 6) is 0.680. The number of nitrogens with zero attached hydrogens (tertiary/aromatic N) is 1. The van der Waals surface area contributed by atoms with Crippen LogP contribution in [0, 0.1) is 16.7 Å². The molecule has 2 atom stereocenters. The summed E-state index contributed by atoms with van der Waals surface area (Å²) in [5, 5.41) is 2.85. The van der Waals surface area contributed by atoms with Gasteiger partial charge in [0.15, 0.2) is 0 Å². The summed E-state index contributed by atoms with van der Waals surface area (Å²) in [6.07, 6.45) is 2.39. The van der Waals surface area contributed by atoms with Crippen LogP contribution in [0.4, 0.5) is 0 Å². The second kappa shape index (κ2) is 4.13. The lowest BCUT2D eigenvalue weighted by Crippen LogP contribution is -2.60. The van der Waals surface area contributed by atoms with E-state index in [1.165, 1.54) is 10.4 Å². The maximum Gasteiger partial charge on any atom is 0.0369 e. The molecule has 2 unspecified atom stereocenters. The molecule has 1 aromatic carbocycles. The highest BCUT2D eigenvalue weighted by Crippen LogP contribution is 2.56. The Labute approximate surface area is 123 Å². The molecular formula is C19H27N. The summed E-state index contributed by atoms with van der Waals surface area (Å²) < 4.78 is 0. The van der Waals surface area contributed by atoms with E-state index in [1.807, 2.05) is 0 Å². The number of hydrogen-bond donors (Lipinski definition) is 0. The van der Waals surface area contributed by atoms with Crippen LogP contribution in [-0.2, 0) is 0 Å². The van der Waals surface area contributed by atoms with Gasteiger partial charge in [0, 0.05) is 28.9 Å². The molecule has 1 fully saturated rings. The van der Waals surface area contributed by atoms with Crippen LogP contribution in [-0.4, -0.2) is 17.5 Å². The molecule has 0 aromatic heterocycles. The third-order valence-electron chi connectivity index (χ3n) is 6.57. The minimum absolute atomic E-state index is 0.184. The molecule has 20 heavy (non-hydrogen) atoms. The first-order valence-electron chi connectivity index (χ1n) is 7.85. The molecule has 1 nitrogen and oxygen atoms in total. The molecule has 2 aliphatic rings. The third kappa shape index (κ3) is 1.55. The van der Waals surface area contributed by atoms with Crippen molar-refractivity contribution in [2.45, 2.75) is 47.6 Å². The van der Waals surface area contributed by atoms with E-state index in [2.05, 4.69) is 76.8 Å². The minimum atomic E-state index is 0.184. The first-order chi connectivity index (χ1) is 9.28. The Morgan fingerprint density at radius 3 is 2.40 bits per heavy atom. The molecule has 0 N–H and O–H groups in total. The van der Waals surface area contributed by atoms with E-state index < -0.39 is 0 Å². The molecule has 1 aromatic rings. The number of rotatable bonds is 0. The monoisotopic (exact) mass is 269 g/mol. The van der Waals surface area contributed by atoms with E-state index in [9.17, 15) is 0 Å². The third-order valence-corrected chi connectivity index (χ3v) is 6.57. The van der Waals surface area contributed by atoms with Gasteiger partial charge in [-0.05, 0) is 23.5 Å². The zero-order valence-electron chi connectivity index (χ0n) is 13.7. The second-order valence-electron chi connectivity index (χ2n) is 7.67. The van der Waals surface area contributed by atoms with Gasteiger partial charge in [-0.1, -0.05) is 65.0 Å². The Bertz CT molecular complexity index is 651. The first-order valence-corrected chi connectivity index (χ1v) is 7.85. The van der Waals surface area contributed by atoms with Gasteiger partial charge in [-0.3, -0.25) is 0 Å². The molecule has 1 saturated heterocycles. The quantitative estimate of drug-likeness (QED) is 0.700. The van der Waals surface area contributed by atoms with Crippen LogP contribution in [0.2, 0.25) is 0 Å². The molecule has 2 heterocycles. The molecule has 0 radical (unpaired) electrons. The lowest BCUT2D eigenvalue weighted by atomic mass is 9.55. The predicted octanol–water partition coefficient (Wildman–Crippen LogP) is 2.98. The second-order valence-corrected chi connectivity index (χ2v) is 7.67. The van der Waals surface area contributed by atoms with Crippen molar-refractivity contribution in [3.8, 4) is 0 Å². The van der Waals surface area contributed by atoms with Crippen LogP contribution in [0.3, 0.4) is 0 Å². The number of piperidine rings is 1. The van der Waals surface area contributed by atoms with Gasteiger partial charge in [0.25, 0.3) is 0 Å². The fourth-order valence-corrected chi connectivity index (χ4v) is 4.15. The average Bonchev–Trinajstić information content (AvgIpc) is 2.42. The Hall–Kier alpha value is -1.24. The summed E-state index contributed by atoms with van der Waals surface area (Å²) in [4.78, 5) is 2.64. The Kier molecular flexibility index (Phi) is 2.83. The lowest BCUT2D eigenvalue weighted by molar-refractivity contribution is -0.00550. The summed E-state index contributed by atoms with van der Waals surface area (Å²) in [5.41, 5.74) is 2.03. The molecule has 2 aliphatic heterocycles. The van der Waals surface area contributed by atoms with Gasteiger partial charge in [-0.25, -0.2) is 0 Å². The normalized spacial score (nSPS) is 30.3.